The number of piperidine rings is 1. The second kappa shape index (κ2) is 11.4. The number of thiazole rings is 1. The number of aliphatic carboxylic acids is 1. The van der Waals surface area contributed by atoms with Gasteiger partial charge in [-0.3, -0.25) is 9.59 Å². The fourth-order valence-corrected chi connectivity index (χ4v) is 6.21. The van der Waals surface area contributed by atoms with Gasteiger partial charge in [-0.05, 0) is 42.7 Å². The summed E-state index contributed by atoms with van der Waals surface area (Å²) in [6, 6.07) is 4.47. The number of carbonyl (C=O) groups excluding carboxylic acids is 1. The number of likely N-dealkylation sites (tertiary alicyclic amines) is 1. The Balaban J connectivity index is 1.47. The lowest BCUT2D eigenvalue weighted by atomic mass is 9.78. The largest absolute Gasteiger partial charge is 0.496 e. The minimum absolute atomic E-state index is 0.0300. The number of benzene rings is 1. The Morgan fingerprint density at radius 3 is 2.20 bits per heavy atom. The molecule has 1 N–H and O–H groups in total. The zero-order chi connectivity index (χ0) is 29.4. The van der Waals surface area contributed by atoms with Crippen LogP contribution in [-0.2, 0) is 33.4 Å². The number of ether oxygens (including phenoxy) is 1. The molecule has 3 aromatic rings. The molecule has 40 heavy (non-hydrogen) atoms. The molecule has 1 aliphatic heterocycles. The summed E-state index contributed by atoms with van der Waals surface area (Å²) in [6.45, 7) is 16.6. The Labute approximate surface area is 241 Å². The number of hydrogen-bond acceptors (Lipinski definition) is 6. The molecule has 0 radical (unpaired) electrons. The second-order valence-corrected chi connectivity index (χ2v) is 13.7. The van der Waals surface area contributed by atoms with Crippen molar-refractivity contribution >= 4 is 23.2 Å². The Morgan fingerprint density at radius 1 is 1.07 bits per heavy atom. The van der Waals surface area contributed by atoms with Crippen molar-refractivity contribution in [2.45, 2.75) is 91.0 Å². The Morgan fingerprint density at radius 2 is 1.68 bits per heavy atom. The first-order chi connectivity index (χ1) is 18.7. The van der Waals surface area contributed by atoms with Gasteiger partial charge < -0.3 is 19.3 Å². The minimum Gasteiger partial charge on any atom is -0.496 e. The molecule has 1 amide bonds. The molecule has 1 fully saturated rings. The quantitative estimate of drug-likeness (QED) is 0.379. The molecule has 4 rings (SSSR count). The fourth-order valence-electron chi connectivity index (χ4n) is 5.32. The first-order valence-electron chi connectivity index (χ1n) is 13.9. The zero-order valence-electron chi connectivity index (χ0n) is 25.0. The number of imidazole rings is 1. The molecule has 0 unspecified atom stereocenters. The van der Waals surface area contributed by atoms with Crippen molar-refractivity contribution in [2.24, 2.45) is 0 Å². The number of carbonyl (C=O) groups is 2. The van der Waals surface area contributed by atoms with E-state index in [1.54, 1.807) is 29.3 Å². The minimum atomic E-state index is -0.928. The molecule has 0 bridgehead atoms. The number of rotatable bonds is 7. The molecule has 3 heterocycles. The van der Waals surface area contributed by atoms with Crippen LogP contribution in [0.4, 0.5) is 0 Å². The van der Waals surface area contributed by atoms with Gasteiger partial charge in [0.15, 0.2) is 0 Å². The number of hydrogen-bond donors (Lipinski definition) is 1. The number of nitrogens with zero attached hydrogens (tertiary/aromatic N) is 4. The summed E-state index contributed by atoms with van der Waals surface area (Å²) < 4.78 is 7.67. The third-order valence-corrected chi connectivity index (χ3v) is 8.68. The lowest BCUT2D eigenvalue weighted by Gasteiger charge is -2.31. The number of aromatic nitrogens is 3. The summed E-state index contributed by atoms with van der Waals surface area (Å²) in [5.74, 6) is 0.376. The molecule has 0 saturated carbocycles. The molecule has 9 heteroatoms. The van der Waals surface area contributed by atoms with Crippen LogP contribution in [0.5, 0.6) is 5.75 Å². The maximum absolute atomic E-state index is 13.0. The van der Waals surface area contributed by atoms with Crippen LogP contribution in [0, 0.1) is 6.92 Å². The van der Waals surface area contributed by atoms with E-state index in [1.165, 1.54) is 11.1 Å². The van der Waals surface area contributed by atoms with Crippen LogP contribution in [0.15, 0.2) is 23.8 Å². The maximum atomic E-state index is 13.0. The van der Waals surface area contributed by atoms with Gasteiger partial charge in [0.2, 0.25) is 5.91 Å². The zero-order valence-corrected chi connectivity index (χ0v) is 25.8. The molecule has 1 aromatic carbocycles. The number of amides is 1. The van der Waals surface area contributed by atoms with E-state index < -0.39 is 5.97 Å². The number of carboxylic acid groups (broad SMARTS) is 1. The van der Waals surface area contributed by atoms with Gasteiger partial charge in [-0.2, -0.15) is 0 Å². The highest BCUT2D eigenvalue weighted by Crippen LogP contribution is 2.43. The van der Waals surface area contributed by atoms with Crippen LogP contribution in [0.2, 0.25) is 0 Å². The third-order valence-electron chi connectivity index (χ3n) is 7.77. The van der Waals surface area contributed by atoms with Crippen molar-refractivity contribution in [3.05, 3.63) is 52.0 Å². The van der Waals surface area contributed by atoms with Gasteiger partial charge in [-0.25, -0.2) is 9.97 Å². The van der Waals surface area contributed by atoms with Gasteiger partial charge in [0.1, 0.15) is 17.3 Å². The molecule has 0 aliphatic carbocycles. The molecule has 0 spiro atoms. The second-order valence-electron chi connectivity index (χ2n) is 12.8. The van der Waals surface area contributed by atoms with E-state index in [2.05, 4.69) is 64.0 Å². The van der Waals surface area contributed by atoms with Crippen molar-refractivity contribution in [2.75, 3.05) is 20.2 Å². The number of methoxy groups -OCH3 is 1. The van der Waals surface area contributed by atoms with Crippen LogP contribution in [0.3, 0.4) is 0 Å². The van der Waals surface area contributed by atoms with E-state index in [1.807, 2.05) is 11.8 Å². The summed E-state index contributed by atoms with van der Waals surface area (Å²) in [5, 5.41) is 12.2. The molecule has 2 aromatic heterocycles. The molecule has 1 saturated heterocycles. The lowest BCUT2D eigenvalue weighted by molar-refractivity contribution is -0.136. The van der Waals surface area contributed by atoms with E-state index in [0.29, 0.717) is 24.7 Å². The van der Waals surface area contributed by atoms with Gasteiger partial charge in [0.25, 0.3) is 0 Å². The first kappa shape index (κ1) is 29.8. The SMILES string of the molecule is COc1c(C(C)(C)C)cc(-c2nc(C3CCN(C(=O)Cn4cnc(CC(=O)O)c4C)CC3)cs2)cc1C(C)(C)C. The van der Waals surface area contributed by atoms with Gasteiger partial charge in [-0.1, -0.05) is 41.5 Å². The first-order valence-corrected chi connectivity index (χ1v) is 14.8. The normalized spacial score (nSPS) is 14.9. The molecule has 216 valence electrons. The topological polar surface area (TPSA) is 97.5 Å². The summed E-state index contributed by atoms with van der Waals surface area (Å²) in [6.07, 6.45) is 3.15. The number of carboxylic acids is 1. The van der Waals surface area contributed by atoms with Gasteiger partial charge in [0, 0.05) is 46.8 Å². The van der Waals surface area contributed by atoms with E-state index >= 15 is 0 Å². The van der Waals surface area contributed by atoms with Crippen molar-refractivity contribution < 1.29 is 19.4 Å². The fraction of sp³-hybridized carbons (Fsp3) is 0.548. The summed E-state index contributed by atoms with van der Waals surface area (Å²) in [7, 11) is 1.76. The third kappa shape index (κ3) is 6.40. The van der Waals surface area contributed by atoms with Gasteiger partial charge in [0.05, 0.1) is 31.2 Å². The van der Waals surface area contributed by atoms with Crippen LogP contribution < -0.4 is 4.74 Å². The van der Waals surface area contributed by atoms with Gasteiger partial charge in [-0.15, -0.1) is 11.3 Å². The molecular formula is C31H42N4O4S. The van der Waals surface area contributed by atoms with Crippen LogP contribution >= 0.6 is 11.3 Å². The molecule has 1 aliphatic rings. The summed E-state index contributed by atoms with van der Waals surface area (Å²) in [4.78, 5) is 35.2. The molecule has 0 atom stereocenters. The van der Waals surface area contributed by atoms with E-state index in [0.717, 1.165) is 40.6 Å². The van der Waals surface area contributed by atoms with Crippen LogP contribution in [-0.4, -0.2) is 56.6 Å². The lowest BCUT2D eigenvalue weighted by Crippen LogP contribution is -2.39. The highest BCUT2D eigenvalue weighted by atomic mass is 32.1. The van der Waals surface area contributed by atoms with Crippen molar-refractivity contribution in [3.8, 4) is 16.3 Å². The monoisotopic (exact) mass is 566 g/mol. The summed E-state index contributed by atoms with van der Waals surface area (Å²) >= 11 is 1.68. The highest BCUT2D eigenvalue weighted by molar-refractivity contribution is 7.13. The average Bonchev–Trinajstić information content (AvgIpc) is 3.50. The smallest absolute Gasteiger partial charge is 0.309 e. The average molecular weight is 567 g/mol. The Kier molecular flexibility index (Phi) is 8.45. The maximum Gasteiger partial charge on any atom is 0.309 e. The van der Waals surface area contributed by atoms with E-state index in [-0.39, 0.29) is 29.7 Å². The van der Waals surface area contributed by atoms with Crippen molar-refractivity contribution in [1.82, 2.24) is 19.4 Å². The van der Waals surface area contributed by atoms with Crippen LogP contribution in [0.1, 0.15) is 88.5 Å². The Bertz CT molecular complexity index is 1350. The highest BCUT2D eigenvalue weighted by Gasteiger charge is 2.30. The van der Waals surface area contributed by atoms with Crippen LogP contribution in [0.25, 0.3) is 10.6 Å². The van der Waals surface area contributed by atoms with Gasteiger partial charge >= 0.3 is 5.97 Å². The van der Waals surface area contributed by atoms with E-state index in [9.17, 15) is 9.59 Å². The van der Waals surface area contributed by atoms with Crippen molar-refractivity contribution in [3.63, 3.8) is 0 Å². The predicted molar refractivity (Wildman–Crippen MR) is 158 cm³/mol. The molecular weight excluding hydrogens is 524 g/mol. The van der Waals surface area contributed by atoms with Crippen molar-refractivity contribution in [1.29, 1.82) is 0 Å². The predicted octanol–water partition coefficient (Wildman–Crippen LogP) is 5.95. The standard InChI is InChI=1S/C31H42N4O4S/c1-19-24(15-27(37)38)32-18-35(19)16-26(36)34-11-9-20(10-12-34)25-17-40-29(33-25)21-13-22(30(2,3)4)28(39-8)23(14-21)31(5,6)7/h13-14,17-18,20H,9-12,15-16H2,1-8H3,(H,37,38). The van der Waals surface area contributed by atoms with E-state index in [4.69, 9.17) is 14.8 Å². The molecule has 8 nitrogen and oxygen atoms in total. The summed E-state index contributed by atoms with van der Waals surface area (Å²) in [5.41, 5.74) is 5.66. The Hall–Kier alpha value is -3.20.